The molecule has 0 amide bonds. The van der Waals surface area contributed by atoms with Gasteiger partial charge in [0.1, 0.15) is 0 Å². The fraction of sp³-hybridized carbons (Fsp3) is 0.0667. The van der Waals surface area contributed by atoms with E-state index in [1.165, 1.54) is 0 Å². The van der Waals surface area contributed by atoms with Crippen molar-refractivity contribution in [3.05, 3.63) is 59.8 Å². The van der Waals surface area contributed by atoms with Crippen LogP contribution in [-0.4, -0.2) is 10.1 Å². The van der Waals surface area contributed by atoms with Crippen molar-refractivity contribution < 1.29 is 13.9 Å². The van der Waals surface area contributed by atoms with Crippen molar-refractivity contribution in [2.45, 2.75) is 6.54 Å². The highest BCUT2D eigenvalue weighted by molar-refractivity contribution is 5.82. The smallest absolute Gasteiger partial charge is 0.187 e. The maximum Gasteiger partial charge on any atom is 0.187 e. The second-order valence-electron chi connectivity index (χ2n) is 4.54. The predicted octanol–water partition coefficient (Wildman–Crippen LogP) is 3.76. The van der Waals surface area contributed by atoms with Crippen LogP contribution < -0.4 is 5.32 Å². The lowest BCUT2D eigenvalue weighted by Crippen LogP contribution is -2.00. The molecule has 0 aliphatic heterocycles. The molecule has 0 unspecified atom stereocenters. The summed E-state index contributed by atoms with van der Waals surface area (Å²) in [5.74, 6) is -2.85. The fourth-order valence-electron chi connectivity index (χ4n) is 2.09. The maximum atomic E-state index is 13.2. The molecule has 0 bridgehead atoms. The van der Waals surface area contributed by atoms with E-state index in [0.717, 1.165) is 28.7 Å². The third-order valence-corrected chi connectivity index (χ3v) is 3.13. The van der Waals surface area contributed by atoms with Crippen LogP contribution in [0.5, 0.6) is 5.75 Å². The van der Waals surface area contributed by atoms with E-state index in [4.69, 9.17) is 5.11 Å². The summed E-state index contributed by atoms with van der Waals surface area (Å²) in [5.41, 5.74) is 2.30. The Morgan fingerprint density at radius 1 is 1.05 bits per heavy atom. The van der Waals surface area contributed by atoms with Crippen LogP contribution in [0.2, 0.25) is 0 Å². The van der Waals surface area contributed by atoms with Crippen LogP contribution >= 0.6 is 0 Å². The van der Waals surface area contributed by atoms with E-state index in [-0.39, 0.29) is 6.54 Å². The summed E-state index contributed by atoms with van der Waals surface area (Å²) in [7, 11) is 0. The van der Waals surface area contributed by atoms with Gasteiger partial charge in [0.25, 0.3) is 0 Å². The van der Waals surface area contributed by atoms with Crippen LogP contribution in [-0.2, 0) is 6.54 Å². The van der Waals surface area contributed by atoms with Gasteiger partial charge in [-0.15, -0.1) is 0 Å². The number of rotatable bonds is 3. The van der Waals surface area contributed by atoms with Gasteiger partial charge in [-0.2, -0.15) is 0 Å². The number of benzene rings is 2. The highest BCUT2D eigenvalue weighted by Gasteiger charge is 2.09. The van der Waals surface area contributed by atoms with Gasteiger partial charge in [-0.1, -0.05) is 0 Å². The fourth-order valence-corrected chi connectivity index (χ4v) is 2.09. The highest BCUT2D eigenvalue weighted by atomic mass is 19.1. The molecule has 0 aliphatic carbocycles. The summed E-state index contributed by atoms with van der Waals surface area (Å²) in [6.07, 6.45) is 1.85. The van der Waals surface area contributed by atoms with Crippen molar-refractivity contribution in [3.8, 4) is 5.75 Å². The quantitative estimate of drug-likeness (QED) is 0.681. The Balaban J connectivity index is 1.78. The van der Waals surface area contributed by atoms with Gasteiger partial charge < -0.3 is 15.4 Å². The number of phenols is 1. The molecular weight excluding hydrogens is 262 g/mol. The molecular formula is C15H12F2N2O. The summed E-state index contributed by atoms with van der Waals surface area (Å²) in [6.45, 7) is 0.268. The number of fused-ring (bicyclic) bond motifs is 1. The summed E-state index contributed by atoms with van der Waals surface area (Å²) in [6, 6.07) is 9.92. The van der Waals surface area contributed by atoms with Crippen molar-refractivity contribution in [1.29, 1.82) is 0 Å². The lowest BCUT2D eigenvalue weighted by molar-refractivity contribution is 0.395. The molecule has 1 heterocycles. The molecule has 5 heteroatoms. The van der Waals surface area contributed by atoms with Crippen LogP contribution in [0.4, 0.5) is 14.5 Å². The average molecular weight is 274 g/mol. The summed E-state index contributed by atoms with van der Waals surface area (Å²) in [5, 5.41) is 13.2. The first-order chi connectivity index (χ1) is 9.63. The Morgan fingerprint density at radius 2 is 1.80 bits per heavy atom. The van der Waals surface area contributed by atoms with Gasteiger partial charge in [-0.25, -0.2) is 8.78 Å². The van der Waals surface area contributed by atoms with Gasteiger partial charge in [0, 0.05) is 29.3 Å². The molecule has 0 saturated heterocycles. The molecule has 0 spiro atoms. The Bertz CT molecular complexity index is 744. The Hall–Kier alpha value is -2.56. The maximum absolute atomic E-state index is 13.2. The zero-order chi connectivity index (χ0) is 14.1. The Morgan fingerprint density at radius 3 is 2.55 bits per heavy atom. The van der Waals surface area contributed by atoms with Gasteiger partial charge in [-0.3, -0.25) is 0 Å². The molecule has 0 aliphatic rings. The summed E-state index contributed by atoms with van der Waals surface area (Å²) < 4.78 is 26.4. The summed E-state index contributed by atoms with van der Waals surface area (Å²) in [4.78, 5) is 3.09. The van der Waals surface area contributed by atoms with E-state index in [1.54, 1.807) is 0 Å². The van der Waals surface area contributed by atoms with Crippen molar-refractivity contribution in [2.24, 2.45) is 0 Å². The van der Waals surface area contributed by atoms with E-state index in [2.05, 4.69) is 10.3 Å². The van der Waals surface area contributed by atoms with E-state index < -0.39 is 17.4 Å². The van der Waals surface area contributed by atoms with Crippen LogP contribution in [0.15, 0.2) is 42.6 Å². The van der Waals surface area contributed by atoms with Crippen LogP contribution in [0.3, 0.4) is 0 Å². The minimum absolute atomic E-state index is 0.268. The molecule has 3 rings (SSSR count). The molecule has 0 fully saturated rings. The standard InChI is InChI=1S/C15H12F2N2O/c16-12-5-9(6-13(17)15(12)20)8-19-11-1-2-14-10(7-11)3-4-18-14/h1-7,18-20H,8H2. The molecule has 0 radical (unpaired) electrons. The van der Waals surface area contributed by atoms with Gasteiger partial charge >= 0.3 is 0 Å². The molecule has 2 aromatic carbocycles. The molecule has 3 N–H and O–H groups in total. The topological polar surface area (TPSA) is 48.0 Å². The number of halogens is 2. The lowest BCUT2D eigenvalue weighted by atomic mass is 10.2. The zero-order valence-electron chi connectivity index (χ0n) is 10.5. The molecule has 102 valence electrons. The van der Waals surface area contributed by atoms with Crippen molar-refractivity contribution >= 4 is 16.6 Å². The second-order valence-corrected chi connectivity index (χ2v) is 4.54. The highest BCUT2D eigenvalue weighted by Crippen LogP contribution is 2.23. The monoisotopic (exact) mass is 274 g/mol. The molecule has 1 aromatic heterocycles. The average Bonchev–Trinajstić information content (AvgIpc) is 2.89. The summed E-state index contributed by atoms with van der Waals surface area (Å²) >= 11 is 0. The van der Waals surface area contributed by atoms with Crippen LogP contribution in [0, 0.1) is 11.6 Å². The number of phenolic OH excluding ortho intramolecular Hbond substituents is 1. The first-order valence-corrected chi connectivity index (χ1v) is 6.11. The SMILES string of the molecule is Oc1c(F)cc(CNc2ccc3[nH]ccc3c2)cc1F. The second kappa shape index (κ2) is 4.85. The molecule has 20 heavy (non-hydrogen) atoms. The number of hydrogen-bond acceptors (Lipinski definition) is 2. The predicted molar refractivity (Wildman–Crippen MR) is 73.6 cm³/mol. The largest absolute Gasteiger partial charge is 0.503 e. The van der Waals surface area contributed by atoms with E-state index in [1.807, 2.05) is 30.5 Å². The van der Waals surface area contributed by atoms with Crippen LogP contribution in [0.25, 0.3) is 10.9 Å². The van der Waals surface area contributed by atoms with Crippen LogP contribution in [0.1, 0.15) is 5.56 Å². The number of aromatic nitrogens is 1. The van der Waals surface area contributed by atoms with Gasteiger partial charge in [0.05, 0.1) is 0 Å². The molecule has 3 aromatic rings. The van der Waals surface area contributed by atoms with Crippen molar-refractivity contribution in [3.63, 3.8) is 0 Å². The Kier molecular flexibility index (Phi) is 3.02. The number of aromatic amines is 1. The zero-order valence-corrected chi connectivity index (χ0v) is 10.5. The number of aromatic hydroxyl groups is 1. The number of nitrogens with one attached hydrogen (secondary N) is 2. The van der Waals surface area contributed by atoms with Gasteiger partial charge in [-0.05, 0) is 42.0 Å². The van der Waals surface area contributed by atoms with Crippen molar-refractivity contribution in [2.75, 3.05) is 5.32 Å². The van der Waals surface area contributed by atoms with Crippen molar-refractivity contribution in [1.82, 2.24) is 4.98 Å². The van der Waals surface area contributed by atoms with Gasteiger partial charge in [0.2, 0.25) is 0 Å². The first kappa shape index (κ1) is 12.5. The molecule has 0 atom stereocenters. The number of H-pyrrole nitrogens is 1. The minimum atomic E-state index is -0.956. The lowest BCUT2D eigenvalue weighted by Gasteiger charge is -2.08. The van der Waals surface area contributed by atoms with E-state index in [9.17, 15) is 8.78 Å². The van der Waals surface area contributed by atoms with E-state index in [0.29, 0.717) is 5.56 Å². The van der Waals surface area contributed by atoms with E-state index >= 15 is 0 Å². The molecule has 0 saturated carbocycles. The normalized spacial score (nSPS) is 10.9. The first-order valence-electron chi connectivity index (χ1n) is 6.11. The minimum Gasteiger partial charge on any atom is -0.503 e. The Labute approximate surface area is 113 Å². The van der Waals surface area contributed by atoms with Gasteiger partial charge in [0.15, 0.2) is 17.4 Å². The number of hydrogen-bond donors (Lipinski definition) is 3. The third kappa shape index (κ3) is 2.30. The molecule has 3 nitrogen and oxygen atoms in total. The number of anilines is 1. The third-order valence-electron chi connectivity index (χ3n) is 3.13.